The van der Waals surface area contributed by atoms with Crippen LogP contribution in [0.25, 0.3) is 0 Å². The van der Waals surface area contributed by atoms with Crippen LogP contribution >= 0.6 is 23.2 Å². The van der Waals surface area contributed by atoms with Gasteiger partial charge in [-0.3, -0.25) is 0 Å². The molecule has 0 amide bonds. The summed E-state index contributed by atoms with van der Waals surface area (Å²) in [5.74, 6) is 0.258. The number of hydrogen-bond donors (Lipinski definition) is 2. The number of piperidine rings is 1. The Balaban J connectivity index is 1.94. The zero-order valence-corrected chi connectivity index (χ0v) is 12.3. The Bertz CT molecular complexity index is 475. The quantitative estimate of drug-likeness (QED) is 0.823. The van der Waals surface area contributed by atoms with E-state index in [4.69, 9.17) is 23.2 Å². The van der Waals surface area contributed by atoms with E-state index < -0.39 is 5.60 Å². The van der Waals surface area contributed by atoms with Crippen molar-refractivity contribution in [2.45, 2.75) is 43.7 Å². The van der Waals surface area contributed by atoms with Crippen molar-refractivity contribution in [1.82, 2.24) is 5.32 Å². The van der Waals surface area contributed by atoms with E-state index >= 15 is 0 Å². The SMILES string of the molecule is O[C@]12CCCC[C@H]1[C@@H](c1ccc(Cl)cc1Cl)NCC2. The molecule has 1 aliphatic carbocycles. The lowest BCUT2D eigenvalue weighted by Crippen LogP contribution is -2.53. The summed E-state index contributed by atoms with van der Waals surface area (Å²) in [6, 6.07) is 5.80. The van der Waals surface area contributed by atoms with Crippen LogP contribution in [0.1, 0.15) is 43.7 Å². The van der Waals surface area contributed by atoms with E-state index in [2.05, 4.69) is 5.32 Å². The van der Waals surface area contributed by atoms with Crippen LogP contribution in [0.15, 0.2) is 18.2 Å². The maximum absolute atomic E-state index is 10.9. The molecular formula is C15H19Cl2NO. The Morgan fingerprint density at radius 1 is 1.21 bits per heavy atom. The van der Waals surface area contributed by atoms with Crippen molar-refractivity contribution in [3.8, 4) is 0 Å². The van der Waals surface area contributed by atoms with Gasteiger partial charge in [-0.05, 0) is 43.5 Å². The van der Waals surface area contributed by atoms with Gasteiger partial charge < -0.3 is 10.4 Å². The predicted molar refractivity (Wildman–Crippen MR) is 78.7 cm³/mol. The number of fused-ring (bicyclic) bond motifs is 1. The molecule has 2 N–H and O–H groups in total. The van der Waals surface area contributed by atoms with Crippen molar-refractivity contribution < 1.29 is 5.11 Å². The molecule has 2 aliphatic rings. The lowest BCUT2D eigenvalue weighted by atomic mass is 9.67. The first kappa shape index (κ1) is 13.7. The fourth-order valence-electron chi connectivity index (χ4n) is 3.70. The van der Waals surface area contributed by atoms with Crippen LogP contribution in [0.5, 0.6) is 0 Å². The highest BCUT2D eigenvalue weighted by molar-refractivity contribution is 6.35. The lowest BCUT2D eigenvalue weighted by Gasteiger charge is -2.48. The maximum Gasteiger partial charge on any atom is 0.0706 e. The van der Waals surface area contributed by atoms with Crippen LogP contribution in [0, 0.1) is 5.92 Å². The Hall–Kier alpha value is -0.280. The van der Waals surface area contributed by atoms with Crippen LogP contribution in [0.3, 0.4) is 0 Å². The van der Waals surface area contributed by atoms with Crippen molar-refractivity contribution in [3.05, 3.63) is 33.8 Å². The normalized spacial score (nSPS) is 34.9. The van der Waals surface area contributed by atoms with Gasteiger partial charge in [0.05, 0.1) is 5.60 Å². The Morgan fingerprint density at radius 2 is 2.05 bits per heavy atom. The fourth-order valence-corrected chi connectivity index (χ4v) is 4.23. The monoisotopic (exact) mass is 299 g/mol. The van der Waals surface area contributed by atoms with E-state index in [-0.39, 0.29) is 12.0 Å². The van der Waals surface area contributed by atoms with Gasteiger partial charge in [0.1, 0.15) is 0 Å². The van der Waals surface area contributed by atoms with Gasteiger partial charge in [0.15, 0.2) is 0 Å². The van der Waals surface area contributed by atoms with E-state index in [0.717, 1.165) is 37.8 Å². The molecule has 0 aromatic heterocycles. The summed E-state index contributed by atoms with van der Waals surface area (Å²) in [4.78, 5) is 0. The van der Waals surface area contributed by atoms with Gasteiger partial charge in [0, 0.05) is 22.0 Å². The Morgan fingerprint density at radius 3 is 2.84 bits per heavy atom. The van der Waals surface area contributed by atoms with Crippen LogP contribution < -0.4 is 5.32 Å². The van der Waals surface area contributed by atoms with Gasteiger partial charge in [-0.1, -0.05) is 42.1 Å². The van der Waals surface area contributed by atoms with Crippen LogP contribution in [-0.2, 0) is 0 Å². The number of benzene rings is 1. The summed E-state index contributed by atoms with van der Waals surface area (Å²) < 4.78 is 0. The second-order valence-corrected chi connectivity index (χ2v) is 6.65. The van der Waals surface area contributed by atoms with Gasteiger partial charge in [-0.25, -0.2) is 0 Å². The smallest absolute Gasteiger partial charge is 0.0706 e. The molecular weight excluding hydrogens is 281 g/mol. The van der Waals surface area contributed by atoms with Crippen molar-refractivity contribution in [1.29, 1.82) is 0 Å². The molecule has 0 unspecified atom stereocenters. The van der Waals surface area contributed by atoms with Gasteiger partial charge in [0.2, 0.25) is 0 Å². The standard InChI is InChI=1S/C15H19Cl2NO/c16-10-4-5-11(13(17)9-10)14-12-3-1-2-6-15(12,19)7-8-18-14/h4-5,9,12,14,18-19H,1-3,6-8H2/t12-,14+,15-/m0/s1. The number of rotatable bonds is 1. The molecule has 3 atom stereocenters. The second kappa shape index (κ2) is 5.25. The molecule has 1 heterocycles. The van der Waals surface area contributed by atoms with Crippen LogP contribution in [-0.4, -0.2) is 17.3 Å². The third-order valence-corrected chi connectivity index (χ3v) is 5.25. The summed E-state index contributed by atoms with van der Waals surface area (Å²) in [6.45, 7) is 0.844. The average molecular weight is 300 g/mol. The number of nitrogens with one attached hydrogen (secondary N) is 1. The van der Waals surface area contributed by atoms with Crippen molar-refractivity contribution in [2.24, 2.45) is 5.92 Å². The molecule has 2 fully saturated rings. The Labute approximate surface area is 124 Å². The Kier molecular flexibility index (Phi) is 3.78. The molecule has 1 aliphatic heterocycles. The minimum Gasteiger partial charge on any atom is -0.389 e. The first-order valence-electron chi connectivity index (χ1n) is 7.01. The molecule has 4 heteroatoms. The maximum atomic E-state index is 10.9. The molecule has 0 radical (unpaired) electrons. The third kappa shape index (κ3) is 2.52. The average Bonchev–Trinajstić information content (AvgIpc) is 2.37. The predicted octanol–water partition coefficient (Wildman–Crippen LogP) is 3.95. The zero-order chi connectivity index (χ0) is 13.5. The molecule has 0 spiro atoms. The third-order valence-electron chi connectivity index (χ3n) is 4.69. The van der Waals surface area contributed by atoms with Gasteiger partial charge in [0.25, 0.3) is 0 Å². The molecule has 1 aromatic carbocycles. The van der Waals surface area contributed by atoms with E-state index in [9.17, 15) is 5.11 Å². The molecule has 1 saturated carbocycles. The summed E-state index contributed by atoms with van der Waals surface area (Å²) in [7, 11) is 0. The molecule has 0 bridgehead atoms. The number of halogens is 2. The second-order valence-electron chi connectivity index (χ2n) is 5.80. The van der Waals surface area contributed by atoms with E-state index in [1.54, 1.807) is 6.07 Å². The summed E-state index contributed by atoms with van der Waals surface area (Å²) >= 11 is 12.3. The minimum absolute atomic E-state index is 0.142. The molecule has 104 valence electrons. The first-order chi connectivity index (χ1) is 9.10. The van der Waals surface area contributed by atoms with E-state index in [1.165, 1.54) is 6.42 Å². The molecule has 1 aromatic rings. The molecule has 3 rings (SSSR count). The highest BCUT2D eigenvalue weighted by Crippen LogP contribution is 2.46. The van der Waals surface area contributed by atoms with E-state index in [1.807, 2.05) is 12.1 Å². The highest BCUT2D eigenvalue weighted by atomic mass is 35.5. The van der Waals surface area contributed by atoms with Crippen molar-refractivity contribution >= 4 is 23.2 Å². The largest absolute Gasteiger partial charge is 0.389 e. The highest BCUT2D eigenvalue weighted by Gasteiger charge is 2.46. The summed E-state index contributed by atoms with van der Waals surface area (Å²) in [5.41, 5.74) is 0.549. The zero-order valence-electron chi connectivity index (χ0n) is 10.8. The molecule has 1 saturated heterocycles. The van der Waals surface area contributed by atoms with Crippen LogP contribution in [0.4, 0.5) is 0 Å². The van der Waals surface area contributed by atoms with Gasteiger partial charge in [-0.2, -0.15) is 0 Å². The molecule has 19 heavy (non-hydrogen) atoms. The summed E-state index contributed by atoms with van der Waals surface area (Å²) in [6.07, 6.45) is 5.15. The topological polar surface area (TPSA) is 32.3 Å². The lowest BCUT2D eigenvalue weighted by molar-refractivity contribution is -0.0861. The van der Waals surface area contributed by atoms with Crippen LogP contribution in [0.2, 0.25) is 10.0 Å². The van der Waals surface area contributed by atoms with Gasteiger partial charge >= 0.3 is 0 Å². The first-order valence-corrected chi connectivity index (χ1v) is 7.76. The fraction of sp³-hybridized carbons (Fsp3) is 0.600. The van der Waals surface area contributed by atoms with Crippen molar-refractivity contribution in [3.63, 3.8) is 0 Å². The summed E-state index contributed by atoms with van der Waals surface area (Å²) in [5, 5.41) is 15.7. The minimum atomic E-state index is -0.517. The van der Waals surface area contributed by atoms with Gasteiger partial charge in [-0.15, -0.1) is 0 Å². The number of hydrogen-bond acceptors (Lipinski definition) is 2. The number of aliphatic hydroxyl groups is 1. The molecule has 2 nitrogen and oxygen atoms in total. The van der Waals surface area contributed by atoms with E-state index in [0.29, 0.717) is 10.0 Å². The van der Waals surface area contributed by atoms with Crippen molar-refractivity contribution in [2.75, 3.05) is 6.54 Å².